The van der Waals surface area contributed by atoms with Crippen LogP contribution in [0.1, 0.15) is 71.2 Å². The molecular weight excluding hydrogens is 703 g/mol. The largest absolute Gasteiger partial charge is 0.460 e. The van der Waals surface area contributed by atoms with Gasteiger partial charge in [-0.25, -0.2) is 9.98 Å². The quantitative estimate of drug-likeness (QED) is 0.192. The molecule has 52 heavy (non-hydrogen) atoms. The average Bonchev–Trinajstić information content (AvgIpc) is 3.02. The highest BCUT2D eigenvalue weighted by molar-refractivity contribution is 5.98. The maximum atomic E-state index is 15.0. The molecule has 0 spiro atoms. The summed E-state index contributed by atoms with van der Waals surface area (Å²) in [5.74, 6) is -2.50. The van der Waals surface area contributed by atoms with Gasteiger partial charge in [-0.3, -0.25) is 0 Å². The van der Waals surface area contributed by atoms with E-state index in [1.807, 2.05) is 19.1 Å². The molecule has 2 aliphatic heterocycles. The van der Waals surface area contributed by atoms with E-state index in [4.69, 9.17) is 14.2 Å². The molecular formula is C38H31F9N2O3. The van der Waals surface area contributed by atoms with Gasteiger partial charge in [-0.2, -0.15) is 39.5 Å². The molecule has 6 rings (SSSR count). The molecule has 2 aliphatic rings. The van der Waals surface area contributed by atoms with Gasteiger partial charge in [0.2, 0.25) is 17.1 Å². The number of aryl methyl sites for hydroxylation is 3. The van der Waals surface area contributed by atoms with Crippen molar-refractivity contribution in [2.45, 2.75) is 77.2 Å². The van der Waals surface area contributed by atoms with Crippen molar-refractivity contribution in [3.8, 4) is 11.5 Å². The predicted octanol–water partition coefficient (Wildman–Crippen LogP) is 11.8. The minimum Gasteiger partial charge on any atom is -0.460 e. The first kappa shape index (κ1) is 36.8. The number of fused-ring (bicyclic) bond motifs is 2. The number of nitrogens with zero attached hydrogens (tertiary/aromatic N) is 2. The van der Waals surface area contributed by atoms with Crippen molar-refractivity contribution in [2.75, 3.05) is 0 Å². The van der Waals surface area contributed by atoms with E-state index in [2.05, 4.69) is 9.98 Å². The van der Waals surface area contributed by atoms with Gasteiger partial charge in [0.15, 0.2) is 5.90 Å². The number of rotatable bonds is 5. The van der Waals surface area contributed by atoms with E-state index in [9.17, 15) is 26.3 Å². The Balaban J connectivity index is 1.47. The van der Waals surface area contributed by atoms with Crippen LogP contribution in [0.3, 0.4) is 0 Å². The lowest BCUT2D eigenvalue weighted by molar-refractivity contribution is -0.253. The number of halogens is 9. The lowest BCUT2D eigenvalue weighted by atomic mass is 9.80. The monoisotopic (exact) mass is 734 g/mol. The van der Waals surface area contributed by atoms with E-state index >= 15 is 13.2 Å². The van der Waals surface area contributed by atoms with Crippen molar-refractivity contribution >= 4 is 23.2 Å². The lowest BCUT2D eigenvalue weighted by Gasteiger charge is -2.38. The van der Waals surface area contributed by atoms with Crippen LogP contribution in [0.25, 0.3) is 0 Å². The van der Waals surface area contributed by atoms with Crippen LogP contribution in [0.15, 0.2) is 82.8 Å². The summed E-state index contributed by atoms with van der Waals surface area (Å²) in [5.41, 5.74) is -8.21. The zero-order valence-electron chi connectivity index (χ0n) is 28.5. The average molecular weight is 735 g/mol. The smallest absolute Gasteiger partial charge is 0.432 e. The summed E-state index contributed by atoms with van der Waals surface area (Å²) >= 11 is 0. The molecule has 0 aliphatic carbocycles. The van der Waals surface area contributed by atoms with E-state index in [1.165, 1.54) is 45.0 Å². The van der Waals surface area contributed by atoms with Crippen molar-refractivity contribution in [3.05, 3.63) is 117 Å². The van der Waals surface area contributed by atoms with Gasteiger partial charge in [0.1, 0.15) is 17.4 Å². The minimum absolute atomic E-state index is 0.0115. The van der Waals surface area contributed by atoms with Gasteiger partial charge < -0.3 is 14.2 Å². The molecule has 0 aromatic heterocycles. The highest BCUT2D eigenvalue weighted by Gasteiger charge is 2.60. The Morgan fingerprint density at radius 1 is 0.596 bits per heavy atom. The van der Waals surface area contributed by atoms with Gasteiger partial charge >= 0.3 is 18.5 Å². The van der Waals surface area contributed by atoms with Gasteiger partial charge in [-0.1, -0.05) is 29.8 Å². The summed E-state index contributed by atoms with van der Waals surface area (Å²) < 4.78 is 149. The summed E-state index contributed by atoms with van der Waals surface area (Å²) in [6, 6.07) is 16.6. The standard InChI is InChI=1S/C38H31F9N2O3/c1-19-7-11-26(12-8-19)50-27-13-9-23(10-14-27)33-49-32-21(3)16-25(18-29(32)35(6,52-33)38(45,46)47)30(36(39,40)41)24-15-20(2)31-28(17-24)34(5,37(42,43)44)51-22(4)48-31/h7-18,30H,1-6H3. The van der Waals surface area contributed by atoms with Gasteiger partial charge in [-0.15, -0.1) is 0 Å². The Morgan fingerprint density at radius 2 is 1.04 bits per heavy atom. The van der Waals surface area contributed by atoms with Gasteiger partial charge in [0.05, 0.1) is 11.4 Å². The van der Waals surface area contributed by atoms with Gasteiger partial charge in [0.25, 0.3) is 0 Å². The highest BCUT2D eigenvalue weighted by Crippen LogP contribution is 2.54. The Hall–Kier alpha value is -5.01. The summed E-state index contributed by atoms with van der Waals surface area (Å²) in [6.07, 6.45) is -15.4. The molecule has 5 nitrogen and oxygen atoms in total. The van der Waals surface area contributed by atoms with E-state index < -0.39 is 63.8 Å². The van der Waals surface area contributed by atoms with Crippen LogP contribution in [0.5, 0.6) is 11.5 Å². The number of alkyl halides is 9. The molecule has 14 heteroatoms. The first-order chi connectivity index (χ1) is 24.0. The van der Waals surface area contributed by atoms with Crippen molar-refractivity contribution in [2.24, 2.45) is 9.98 Å². The molecule has 274 valence electrons. The fourth-order valence-electron chi connectivity index (χ4n) is 6.40. The number of hydrogen-bond acceptors (Lipinski definition) is 5. The second-order valence-electron chi connectivity index (χ2n) is 13.2. The van der Waals surface area contributed by atoms with Gasteiger partial charge in [-0.05, 0) is 105 Å². The third-order valence-electron chi connectivity index (χ3n) is 9.24. The molecule has 0 radical (unpaired) electrons. The summed E-state index contributed by atoms with van der Waals surface area (Å²) in [6.45, 7) is 7.09. The SMILES string of the molecule is CC1=Nc2c(C)cc(C(c3cc(C)c4c(c3)C(C)(C(F)(F)F)OC(c3ccc(Oc5ccc(C)cc5)cc3)=N4)C(F)(F)F)cc2C(C)(C(F)(F)F)O1. The highest BCUT2D eigenvalue weighted by atomic mass is 19.4. The van der Waals surface area contributed by atoms with Crippen molar-refractivity contribution < 1.29 is 53.7 Å². The van der Waals surface area contributed by atoms with Crippen LogP contribution in [-0.2, 0) is 20.7 Å². The van der Waals surface area contributed by atoms with Crippen LogP contribution in [-0.4, -0.2) is 30.3 Å². The zero-order chi connectivity index (χ0) is 38.2. The van der Waals surface area contributed by atoms with E-state index in [-0.39, 0.29) is 34.0 Å². The van der Waals surface area contributed by atoms with Crippen LogP contribution < -0.4 is 4.74 Å². The predicted molar refractivity (Wildman–Crippen MR) is 176 cm³/mol. The summed E-state index contributed by atoms with van der Waals surface area (Å²) in [5, 5.41) is 0. The molecule has 0 amide bonds. The lowest BCUT2D eigenvalue weighted by Crippen LogP contribution is -2.45. The van der Waals surface area contributed by atoms with E-state index in [1.54, 1.807) is 12.1 Å². The maximum absolute atomic E-state index is 15.0. The van der Waals surface area contributed by atoms with E-state index in [0.717, 1.165) is 17.7 Å². The first-order valence-electron chi connectivity index (χ1n) is 15.9. The number of hydrogen-bond donors (Lipinski definition) is 0. The maximum Gasteiger partial charge on any atom is 0.432 e. The Bertz CT molecular complexity index is 2100. The first-order valence-corrected chi connectivity index (χ1v) is 15.9. The molecule has 2 heterocycles. The van der Waals surface area contributed by atoms with Crippen LogP contribution in [0, 0.1) is 20.8 Å². The molecule has 3 unspecified atom stereocenters. The van der Waals surface area contributed by atoms with Crippen molar-refractivity contribution in [1.82, 2.24) is 0 Å². The number of ether oxygens (including phenoxy) is 3. The molecule has 3 atom stereocenters. The third-order valence-corrected chi connectivity index (χ3v) is 9.24. The number of benzene rings is 4. The van der Waals surface area contributed by atoms with Crippen molar-refractivity contribution in [3.63, 3.8) is 0 Å². The molecule has 0 N–H and O–H groups in total. The summed E-state index contributed by atoms with van der Waals surface area (Å²) in [4.78, 5) is 8.34. The second-order valence-corrected chi connectivity index (χ2v) is 13.2. The Labute approximate surface area is 292 Å². The normalized spacial score (nSPS) is 20.8. The van der Waals surface area contributed by atoms with Crippen LogP contribution in [0.4, 0.5) is 50.9 Å². The molecule has 0 saturated carbocycles. The molecule has 0 fully saturated rings. The summed E-state index contributed by atoms with van der Waals surface area (Å²) in [7, 11) is 0. The minimum atomic E-state index is -5.16. The third kappa shape index (κ3) is 6.36. The van der Waals surface area contributed by atoms with E-state index in [0.29, 0.717) is 37.5 Å². The Morgan fingerprint density at radius 3 is 1.50 bits per heavy atom. The topological polar surface area (TPSA) is 52.4 Å². The number of aliphatic imine (C=N–C) groups is 2. The van der Waals surface area contributed by atoms with Gasteiger partial charge in [0, 0.05) is 23.6 Å². The van der Waals surface area contributed by atoms with Crippen LogP contribution >= 0.6 is 0 Å². The molecule has 4 aromatic carbocycles. The fraction of sp³-hybridized carbons (Fsp3) is 0.316. The Kier molecular flexibility index (Phi) is 8.70. The zero-order valence-corrected chi connectivity index (χ0v) is 28.5. The molecule has 0 bridgehead atoms. The second kappa shape index (κ2) is 12.3. The fourth-order valence-corrected chi connectivity index (χ4v) is 6.40. The molecule has 4 aromatic rings. The van der Waals surface area contributed by atoms with Crippen molar-refractivity contribution in [1.29, 1.82) is 0 Å². The molecule has 0 saturated heterocycles. The van der Waals surface area contributed by atoms with Crippen LogP contribution in [0.2, 0.25) is 0 Å².